The van der Waals surface area contributed by atoms with Crippen LogP contribution in [0.15, 0.2) is 47.1 Å². The summed E-state index contributed by atoms with van der Waals surface area (Å²) in [6, 6.07) is 5.34. The number of ether oxygens (including phenoxy) is 1. The lowest BCUT2D eigenvalue weighted by molar-refractivity contribution is -0.274. The van der Waals surface area contributed by atoms with Crippen molar-refractivity contribution in [1.82, 2.24) is 9.80 Å². The number of allylic oxidation sites excluding steroid dienone is 3. The molecule has 1 saturated heterocycles. The fourth-order valence-electron chi connectivity index (χ4n) is 3.47. The molecule has 1 aromatic rings. The van der Waals surface area contributed by atoms with E-state index in [1.807, 2.05) is 19.0 Å². The van der Waals surface area contributed by atoms with Gasteiger partial charge in [-0.15, -0.1) is 13.2 Å². The van der Waals surface area contributed by atoms with Gasteiger partial charge in [-0.1, -0.05) is 24.0 Å². The zero-order valence-corrected chi connectivity index (χ0v) is 16.8. The molecule has 1 amide bonds. The van der Waals surface area contributed by atoms with E-state index >= 15 is 0 Å². The summed E-state index contributed by atoms with van der Waals surface area (Å²) in [5.41, 5.74) is 2.22. The van der Waals surface area contributed by atoms with Gasteiger partial charge in [0.1, 0.15) is 5.75 Å². The number of hydrogen-bond acceptors (Lipinski definition) is 4. The predicted molar refractivity (Wildman–Crippen MR) is 104 cm³/mol. The highest BCUT2D eigenvalue weighted by Crippen LogP contribution is 2.35. The molecular weight excluding hydrogens is 397 g/mol. The highest BCUT2D eigenvalue weighted by Gasteiger charge is 2.43. The van der Waals surface area contributed by atoms with Crippen LogP contribution in [0.5, 0.6) is 5.75 Å². The molecule has 1 heterocycles. The van der Waals surface area contributed by atoms with E-state index < -0.39 is 12.3 Å². The van der Waals surface area contributed by atoms with Gasteiger partial charge in [0.05, 0.1) is 18.0 Å². The van der Waals surface area contributed by atoms with E-state index in [4.69, 9.17) is 0 Å². The smallest absolute Gasteiger partial charge is 0.406 e. The minimum atomic E-state index is -4.76. The first-order valence-corrected chi connectivity index (χ1v) is 9.29. The van der Waals surface area contributed by atoms with Crippen LogP contribution >= 0.6 is 0 Å². The molecule has 3 rings (SSSR count). The summed E-state index contributed by atoms with van der Waals surface area (Å²) >= 11 is 0. The Balaban J connectivity index is 1.73. The number of Topliss-reactive ketones (excluding diaryl/α,β-unsaturated/α-hetero) is 1. The molecule has 8 heteroatoms. The van der Waals surface area contributed by atoms with Crippen molar-refractivity contribution in [1.29, 1.82) is 0 Å². The molecule has 158 valence electrons. The topological polar surface area (TPSA) is 49.9 Å². The molecule has 1 aliphatic heterocycles. The van der Waals surface area contributed by atoms with Gasteiger partial charge in [0.15, 0.2) is 5.78 Å². The molecule has 1 atom stereocenters. The Bertz CT molecular complexity index is 980. The van der Waals surface area contributed by atoms with Crippen LogP contribution in [0.2, 0.25) is 0 Å². The molecule has 0 saturated carbocycles. The van der Waals surface area contributed by atoms with E-state index in [-0.39, 0.29) is 30.5 Å². The number of carbonyl (C=O) groups excluding carboxylic acids is 2. The van der Waals surface area contributed by atoms with Gasteiger partial charge in [-0.2, -0.15) is 0 Å². The molecule has 1 aromatic carbocycles. The van der Waals surface area contributed by atoms with Crippen LogP contribution in [-0.4, -0.2) is 55.0 Å². The molecule has 0 spiro atoms. The van der Waals surface area contributed by atoms with Gasteiger partial charge in [-0.05, 0) is 50.4 Å². The van der Waals surface area contributed by atoms with Crippen molar-refractivity contribution in [2.75, 3.05) is 27.2 Å². The summed E-state index contributed by atoms with van der Waals surface area (Å²) in [6.45, 7) is 2.71. The summed E-state index contributed by atoms with van der Waals surface area (Å²) < 4.78 is 40.7. The van der Waals surface area contributed by atoms with Crippen molar-refractivity contribution in [2.24, 2.45) is 5.92 Å². The molecule has 5 nitrogen and oxygen atoms in total. The average molecular weight is 418 g/mol. The summed E-state index contributed by atoms with van der Waals surface area (Å²) in [7, 11) is 3.76. The summed E-state index contributed by atoms with van der Waals surface area (Å²) in [5.74, 6) is 4.53. The third-order valence-electron chi connectivity index (χ3n) is 4.79. The molecule has 1 aliphatic carbocycles. The highest BCUT2D eigenvalue weighted by molar-refractivity contribution is 6.13. The number of likely N-dealkylation sites (tertiary alicyclic amines) is 1. The number of rotatable bonds is 4. The van der Waals surface area contributed by atoms with Gasteiger partial charge < -0.3 is 9.64 Å². The SMILES string of the molecule is CC1=C2C(=O)N(Cc3ccc(OC(F)(F)F)cc3)CC2C(=O)C(C#CCN(C)C)=C1. The molecule has 2 aliphatic rings. The van der Waals surface area contributed by atoms with E-state index in [1.54, 1.807) is 13.0 Å². The maximum atomic E-state index is 12.8. The quantitative estimate of drug-likeness (QED) is 0.706. The van der Waals surface area contributed by atoms with Crippen LogP contribution in [0.25, 0.3) is 0 Å². The van der Waals surface area contributed by atoms with Crippen LogP contribution in [-0.2, 0) is 16.1 Å². The predicted octanol–water partition coefficient (Wildman–Crippen LogP) is 2.93. The second-order valence-electron chi connectivity index (χ2n) is 7.49. The zero-order valence-electron chi connectivity index (χ0n) is 16.8. The fraction of sp³-hybridized carbons (Fsp3) is 0.364. The lowest BCUT2D eigenvalue weighted by Crippen LogP contribution is -2.26. The minimum Gasteiger partial charge on any atom is -0.406 e. The number of halogens is 3. The Morgan fingerprint density at radius 2 is 1.87 bits per heavy atom. The van der Waals surface area contributed by atoms with Gasteiger partial charge in [0, 0.05) is 18.7 Å². The van der Waals surface area contributed by atoms with Crippen LogP contribution in [0, 0.1) is 17.8 Å². The van der Waals surface area contributed by atoms with Gasteiger partial charge in [0.25, 0.3) is 5.91 Å². The first kappa shape index (κ1) is 21.7. The Kier molecular flexibility index (Phi) is 6.04. The molecule has 0 bridgehead atoms. The number of ketones is 1. The van der Waals surface area contributed by atoms with Gasteiger partial charge >= 0.3 is 6.36 Å². The number of fused-ring (bicyclic) bond motifs is 1. The molecular formula is C22H21F3N2O3. The standard InChI is InChI=1S/C22H21F3N2O3/c1-14-11-16(5-4-10-26(2)3)20(28)18-13-27(21(29)19(14)18)12-15-6-8-17(9-7-15)30-22(23,24)25/h6-9,11,18H,10,12-13H2,1-3H3. The fourth-order valence-corrected chi connectivity index (χ4v) is 3.47. The number of amides is 1. The molecule has 1 fully saturated rings. The number of carbonyl (C=O) groups is 2. The maximum absolute atomic E-state index is 12.8. The van der Waals surface area contributed by atoms with Gasteiger partial charge in [-0.25, -0.2) is 0 Å². The highest BCUT2D eigenvalue weighted by atomic mass is 19.4. The summed E-state index contributed by atoms with van der Waals surface area (Å²) in [4.78, 5) is 29.1. The van der Waals surface area contributed by atoms with Crippen molar-refractivity contribution >= 4 is 11.7 Å². The second-order valence-corrected chi connectivity index (χ2v) is 7.49. The zero-order chi connectivity index (χ0) is 22.1. The normalized spacial score (nSPS) is 19.0. The molecule has 0 N–H and O–H groups in total. The Labute approximate surface area is 172 Å². The van der Waals surface area contributed by atoms with E-state index in [2.05, 4.69) is 16.6 Å². The van der Waals surface area contributed by atoms with Gasteiger partial charge in [-0.3, -0.25) is 14.5 Å². The van der Waals surface area contributed by atoms with Crippen LogP contribution < -0.4 is 4.74 Å². The largest absolute Gasteiger partial charge is 0.573 e. The van der Waals surface area contributed by atoms with Crippen LogP contribution in [0.4, 0.5) is 13.2 Å². The van der Waals surface area contributed by atoms with E-state index in [1.165, 1.54) is 29.2 Å². The number of nitrogens with zero attached hydrogens (tertiary/aromatic N) is 2. The number of alkyl halides is 3. The minimum absolute atomic E-state index is 0.174. The molecule has 1 unspecified atom stereocenters. The number of benzene rings is 1. The van der Waals surface area contributed by atoms with Crippen molar-refractivity contribution in [3.8, 4) is 17.6 Å². The van der Waals surface area contributed by atoms with Crippen molar-refractivity contribution in [3.05, 3.63) is 52.6 Å². The Morgan fingerprint density at radius 3 is 2.47 bits per heavy atom. The lowest BCUT2D eigenvalue weighted by Gasteiger charge is -2.16. The van der Waals surface area contributed by atoms with Crippen LogP contribution in [0.1, 0.15) is 12.5 Å². The molecule has 30 heavy (non-hydrogen) atoms. The summed E-state index contributed by atoms with van der Waals surface area (Å²) in [6.07, 6.45) is -3.10. The Hall–Kier alpha value is -3.05. The van der Waals surface area contributed by atoms with Crippen molar-refractivity contribution in [3.63, 3.8) is 0 Å². The average Bonchev–Trinajstić information content (AvgIpc) is 2.96. The third kappa shape index (κ3) is 4.92. The van der Waals surface area contributed by atoms with Crippen molar-refractivity contribution < 1.29 is 27.5 Å². The van der Waals surface area contributed by atoms with Crippen LogP contribution in [0.3, 0.4) is 0 Å². The van der Waals surface area contributed by atoms with E-state index in [9.17, 15) is 22.8 Å². The first-order chi connectivity index (χ1) is 14.0. The third-order valence-corrected chi connectivity index (χ3v) is 4.79. The van der Waals surface area contributed by atoms with E-state index in [0.717, 1.165) is 5.57 Å². The molecule has 0 radical (unpaired) electrons. The Morgan fingerprint density at radius 1 is 1.20 bits per heavy atom. The lowest BCUT2D eigenvalue weighted by atomic mass is 9.84. The van der Waals surface area contributed by atoms with E-state index in [0.29, 0.717) is 23.3 Å². The summed E-state index contributed by atoms with van der Waals surface area (Å²) in [5, 5.41) is 0. The first-order valence-electron chi connectivity index (χ1n) is 9.29. The van der Waals surface area contributed by atoms with Gasteiger partial charge in [0.2, 0.25) is 0 Å². The maximum Gasteiger partial charge on any atom is 0.573 e. The monoisotopic (exact) mass is 418 g/mol. The molecule has 0 aromatic heterocycles. The number of hydrogen-bond donors (Lipinski definition) is 0. The van der Waals surface area contributed by atoms with Crippen molar-refractivity contribution in [2.45, 2.75) is 19.8 Å². The second kappa shape index (κ2) is 8.36.